The normalized spacial score (nSPS) is 20.9. The number of hydrogen-bond donors (Lipinski definition) is 0. The van der Waals surface area contributed by atoms with E-state index in [1.54, 1.807) is 28.1 Å². The first-order chi connectivity index (χ1) is 7.33. The summed E-state index contributed by atoms with van der Waals surface area (Å²) in [6, 6.07) is 0. The number of halogens is 1. The molecule has 0 saturated heterocycles. The molecular formula is C11H20INO2S2. The number of hydrogen-bond acceptors (Lipinski definition) is 4. The van der Waals surface area contributed by atoms with Gasteiger partial charge in [0.15, 0.2) is 6.54 Å². The molecule has 17 heavy (non-hydrogen) atoms. The molecule has 0 aromatic heterocycles. The molecule has 1 rings (SSSR count). The van der Waals surface area contributed by atoms with Crippen LogP contribution in [0.1, 0.15) is 27.7 Å². The van der Waals surface area contributed by atoms with Gasteiger partial charge in [-0.05, 0) is 38.8 Å². The molecule has 1 unspecified atom stereocenters. The van der Waals surface area contributed by atoms with E-state index < -0.39 is 5.60 Å². The Morgan fingerprint density at radius 3 is 2.59 bits per heavy atom. The number of carbonyl (C=O) groups is 1. The van der Waals surface area contributed by atoms with Gasteiger partial charge in [0.1, 0.15) is 5.60 Å². The van der Waals surface area contributed by atoms with Crippen molar-refractivity contribution in [2.24, 2.45) is 5.92 Å². The summed E-state index contributed by atoms with van der Waals surface area (Å²) in [5.41, 5.74) is -0.425. The average molecular weight is 389 g/mol. The SMILES string of the molecule is CSC1=[N+](C(=O)OC(C)(C)C)CC(C)CS1.[I-]. The maximum Gasteiger partial charge on any atom is 0.598 e. The second kappa shape index (κ2) is 7.23. The van der Waals surface area contributed by atoms with Gasteiger partial charge in [-0.25, -0.2) is 0 Å². The second-order valence-corrected chi connectivity index (χ2v) is 7.04. The molecule has 0 aliphatic carbocycles. The van der Waals surface area contributed by atoms with E-state index in [0.717, 1.165) is 16.7 Å². The molecule has 6 heteroatoms. The minimum atomic E-state index is -0.425. The van der Waals surface area contributed by atoms with Crippen LogP contribution in [0.25, 0.3) is 0 Å². The van der Waals surface area contributed by atoms with Gasteiger partial charge < -0.3 is 28.7 Å². The maximum atomic E-state index is 12.0. The highest BCUT2D eigenvalue weighted by Gasteiger charge is 2.34. The Morgan fingerprint density at radius 2 is 2.12 bits per heavy atom. The molecule has 0 bridgehead atoms. The molecule has 0 saturated carbocycles. The molecule has 0 aromatic carbocycles. The molecule has 0 fully saturated rings. The third kappa shape index (κ3) is 5.83. The number of ether oxygens (including phenoxy) is 1. The van der Waals surface area contributed by atoms with Crippen LogP contribution in [0.2, 0.25) is 0 Å². The third-order valence-corrected chi connectivity index (χ3v) is 4.62. The summed E-state index contributed by atoms with van der Waals surface area (Å²) >= 11 is 3.35. The molecule has 1 heterocycles. The van der Waals surface area contributed by atoms with Gasteiger partial charge in [-0.3, -0.25) is 0 Å². The quantitative estimate of drug-likeness (QED) is 0.432. The van der Waals surface area contributed by atoms with Gasteiger partial charge in [-0.1, -0.05) is 18.7 Å². The van der Waals surface area contributed by atoms with Crippen LogP contribution in [0, 0.1) is 5.92 Å². The molecule has 1 aliphatic heterocycles. The van der Waals surface area contributed by atoms with Crippen molar-refractivity contribution in [2.75, 3.05) is 18.6 Å². The molecule has 0 radical (unpaired) electrons. The van der Waals surface area contributed by atoms with Crippen molar-refractivity contribution in [1.82, 2.24) is 0 Å². The predicted molar refractivity (Wildman–Crippen MR) is 71.5 cm³/mol. The van der Waals surface area contributed by atoms with E-state index >= 15 is 0 Å². The lowest BCUT2D eigenvalue weighted by Crippen LogP contribution is -3.00. The standard InChI is InChI=1S/C11H20NO2S2.HI/c1-8-6-12(10(15-5)16-7-8)9(13)14-11(2,3)4;/h8H,6-7H2,1-5H3;1H/q+1;/p-1. The Morgan fingerprint density at radius 1 is 1.53 bits per heavy atom. The molecule has 1 atom stereocenters. The van der Waals surface area contributed by atoms with Crippen LogP contribution >= 0.6 is 23.5 Å². The van der Waals surface area contributed by atoms with Crippen molar-refractivity contribution in [3.63, 3.8) is 0 Å². The van der Waals surface area contributed by atoms with E-state index in [-0.39, 0.29) is 30.1 Å². The summed E-state index contributed by atoms with van der Waals surface area (Å²) in [4.78, 5) is 12.0. The zero-order chi connectivity index (χ0) is 12.3. The predicted octanol–water partition coefficient (Wildman–Crippen LogP) is 0.0399. The smallest absolute Gasteiger partial charge is 0.598 e. The van der Waals surface area contributed by atoms with Crippen molar-refractivity contribution >= 4 is 34.0 Å². The van der Waals surface area contributed by atoms with Crippen molar-refractivity contribution < 1.29 is 38.1 Å². The maximum absolute atomic E-state index is 12.0. The largest absolute Gasteiger partial charge is 1.00 e. The first-order valence-corrected chi connectivity index (χ1v) is 7.59. The molecule has 0 spiro atoms. The lowest BCUT2D eigenvalue weighted by atomic mass is 10.2. The van der Waals surface area contributed by atoms with Crippen LogP contribution in [0.15, 0.2) is 0 Å². The van der Waals surface area contributed by atoms with Crippen LogP contribution in [-0.4, -0.2) is 39.2 Å². The molecule has 1 amide bonds. The van der Waals surface area contributed by atoms with Gasteiger partial charge in [0.05, 0.1) is 0 Å². The molecule has 3 nitrogen and oxygen atoms in total. The van der Waals surface area contributed by atoms with E-state index in [4.69, 9.17) is 4.74 Å². The van der Waals surface area contributed by atoms with Crippen molar-refractivity contribution in [1.29, 1.82) is 0 Å². The summed E-state index contributed by atoms with van der Waals surface area (Å²) in [6.45, 7) is 8.60. The zero-order valence-corrected chi connectivity index (χ0v) is 14.7. The highest BCUT2D eigenvalue weighted by atomic mass is 127. The van der Waals surface area contributed by atoms with Crippen LogP contribution in [0.5, 0.6) is 0 Å². The summed E-state index contributed by atoms with van der Waals surface area (Å²) < 4.78 is 8.20. The fraction of sp³-hybridized carbons (Fsp3) is 0.818. The van der Waals surface area contributed by atoms with Gasteiger partial charge in [0.25, 0.3) is 4.38 Å². The number of nitrogens with zero attached hydrogens (tertiary/aromatic N) is 1. The van der Waals surface area contributed by atoms with E-state index in [0.29, 0.717) is 5.92 Å². The first kappa shape index (κ1) is 17.6. The highest BCUT2D eigenvalue weighted by Crippen LogP contribution is 2.24. The second-order valence-electron chi connectivity index (χ2n) is 4.98. The van der Waals surface area contributed by atoms with Gasteiger partial charge in [0.2, 0.25) is 0 Å². The number of thioether (sulfide) groups is 2. The zero-order valence-electron chi connectivity index (χ0n) is 10.9. The Labute approximate surface area is 129 Å². The molecular weight excluding hydrogens is 369 g/mol. The Bertz CT molecular complexity index is 313. The Balaban J connectivity index is 0.00000256. The lowest BCUT2D eigenvalue weighted by Gasteiger charge is -2.20. The highest BCUT2D eigenvalue weighted by molar-refractivity contribution is 8.38. The van der Waals surface area contributed by atoms with Gasteiger partial charge in [0, 0.05) is 11.7 Å². The van der Waals surface area contributed by atoms with Crippen LogP contribution in [0.3, 0.4) is 0 Å². The summed E-state index contributed by atoms with van der Waals surface area (Å²) in [7, 11) is 0. The Hall–Kier alpha value is 0.570. The molecule has 0 N–H and O–H groups in total. The number of rotatable bonds is 0. The summed E-state index contributed by atoms with van der Waals surface area (Å²) in [6.07, 6.45) is 1.77. The van der Waals surface area contributed by atoms with Crippen LogP contribution in [0.4, 0.5) is 4.79 Å². The van der Waals surface area contributed by atoms with Gasteiger partial charge in [-0.15, -0.1) is 4.58 Å². The number of carbonyl (C=O) groups excluding carboxylic acids is 1. The van der Waals surface area contributed by atoms with E-state index in [2.05, 4.69) is 6.92 Å². The van der Waals surface area contributed by atoms with Gasteiger partial charge >= 0.3 is 6.09 Å². The van der Waals surface area contributed by atoms with Gasteiger partial charge in [-0.2, -0.15) is 4.79 Å². The minimum absolute atomic E-state index is 0. The topological polar surface area (TPSA) is 29.3 Å². The van der Waals surface area contributed by atoms with Crippen LogP contribution in [-0.2, 0) is 4.74 Å². The lowest BCUT2D eigenvalue weighted by molar-refractivity contribution is -0.453. The molecule has 100 valence electrons. The van der Waals surface area contributed by atoms with E-state index in [9.17, 15) is 4.79 Å². The fourth-order valence-electron chi connectivity index (χ4n) is 1.37. The Kier molecular flexibility index (Phi) is 7.47. The molecule has 0 aromatic rings. The van der Waals surface area contributed by atoms with Crippen molar-refractivity contribution in [3.05, 3.63) is 0 Å². The van der Waals surface area contributed by atoms with E-state index in [1.807, 2.05) is 27.0 Å². The van der Waals surface area contributed by atoms with Crippen LogP contribution < -0.4 is 24.0 Å². The van der Waals surface area contributed by atoms with Crippen molar-refractivity contribution in [2.45, 2.75) is 33.3 Å². The first-order valence-electron chi connectivity index (χ1n) is 5.37. The van der Waals surface area contributed by atoms with Crippen molar-refractivity contribution in [3.8, 4) is 0 Å². The summed E-state index contributed by atoms with van der Waals surface area (Å²) in [5, 5.41) is 0. The average Bonchev–Trinajstić information content (AvgIpc) is 2.15. The molecule has 1 aliphatic rings. The third-order valence-electron chi connectivity index (χ3n) is 1.99. The number of amides is 1. The monoisotopic (exact) mass is 389 g/mol. The van der Waals surface area contributed by atoms with E-state index in [1.165, 1.54) is 0 Å². The fourth-order valence-corrected chi connectivity index (χ4v) is 3.25. The summed E-state index contributed by atoms with van der Waals surface area (Å²) in [5.74, 6) is 1.60. The minimum Gasteiger partial charge on any atom is -1.00 e.